The van der Waals surface area contributed by atoms with Gasteiger partial charge in [0.05, 0.1) is 6.61 Å². The normalized spacial score (nSPS) is 21.1. The summed E-state index contributed by atoms with van der Waals surface area (Å²) in [5.74, 6) is -0.0625. The van der Waals surface area contributed by atoms with Crippen molar-refractivity contribution in [3.05, 3.63) is 51.7 Å². The zero-order valence-electron chi connectivity index (χ0n) is 16.9. The lowest BCUT2D eigenvalue weighted by molar-refractivity contribution is 0.0384. The Morgan fingerprint density at radius 3 is 2.78 bits per heavy atom. The highest BCUT2D eigenvalue weighted by atomic mass is 32.1. The summed E-state index contributed by atoms with van der Waals surface area (Å²) in [6.07, 6.45) is 4.82. The van der Waals surface area contributed by atoms with Crippen LogP contribution in [0, 0.1) is 18.2 Å². The maximum atomic E-state index is 13.9. The molecule has 2 aromatic heterocycles. The molecule has 0 saturated carbocycles. The Labute approximate surface area is 166 Å². The summed E-state index contributed by atoms with van der Waals surface area (Å²) in [4.78, 5) is 7.03. The van der Waals surface area contributed by atoms with Gasteiger partial charge in [-0.3, -0.25) is 9.88 Å². The average Bonchev–Trinajstić information content (AvgIpc) is 3.26. The van der Waals surface area contributed by atoms with Crippen LogP contribution in [0.3, 0.4) is 0 Å². The molecule has 0 aromatic carbocycles. The Balaban J connectivity index is 1.74. The molecule has 0 radical (unpaired) electrons. The van der Waals surface area contributed by atoms with Crippen molar-refractivity contribution in [1.82, 2.24) is 9.88 Å². The van der Waals surface area contributed by atoms with Crippen LogP contribution in [0.4, 0.5) is 4.39 Å². The molecule has 0 amide bonds. The molecule has 1 atom stereocenters. The average molecular weight is 391 g/mol. The topological polar surface area (TPSA) is 25.4 Å². The summed E-state index contributed by atoms with van der Waals surface area (Å²) in [5.41, 5.74) is 3.13. The second-order valence-corrected chi connectivity index (χ2v) is 9.04. The SMILES string of the molecule is CCOC[C@]1(CCc2cscc2F)CCN(C(C)(C)c2ccc(C)nc2)C1. The minimum atomic E-state index is -0.0811. The van der Waals surface area contributed by atoms with Crippen LogP contribution in [0.1, 0.15) is 50.4 Å². The summed E-state index contributed by atoms with van der Waals surface area (Å²) < 4.78 is 19.8. The molecule has 148 valence electrons. The fourth-order valence-corrected chi connectivity index (χ4v) is 4.76. The lowest BCUT2D eigenvalue weighted by Gasteiger charge is -2.38. The number of halogens is 1. The molecule has 2 aromatic rings. The van der Waals surface area contributed by atoms with Crippen LogP contribution in [0.15, 0.2) is 29.1 Å². The predicted molar refractivity (Wildman–Crippen MR) is 110 cm³/mol. The number of ether oxygens (including phenoxy) is 1. The van der Waals surface area contributed by atoms with Gasteiger partial charge in [-0.15, -0.1) is 11.3 Å². The van der Waals surface area contributed by atoms with E-state index in [2.05, 4.69) is 35.9 Å². The highest BCUT2D eigenvalue weighted by Gasteiger charge is 2.43. The largest absolute Gasteiger partial charge is 0.381 e. The molecule has 1 saturated heterocycles. The molecule has 1 fully saturated rings. The van der Waals surface area contributed by atoms with E-state index in [1.807, 2.05) is 25.4 Å². The van der Waals surface area contributed by atoms with Gasteiger partial charge in [0.1, 0.15) is 5.82 Å². The maximum Gasteiger partial charge on any atom is 0.137 e. The molecule has 0 unspecified atom stereocenters. The number of pyridine rings is 1. The molecule has 1 aliphatic heterocycles. The Kier molecular flexibility index (Phi) is 6.34. The Morgan fingerprint density at radius 2 is 2.15 bits per heavy atom. The van der Waals surface area contributed by atoms with Gasteiger partial charge in [-0.25, -0.2) is 4.39 Å². The smallest absolute Gasteiger partial charge is 0.137 e. The molecule has 1 aliphatic rings. The third-order valence-electron chi connectivity index (χ3n) is 6.07. The van der Waals surface area contributed by atoms with E-state index >= 15 is 0 Å². The third-order valence-corrected chi connectivity index (χ3v) is 6.84. The van der Waals surface area contributed by atoms with Gasteiger partial charge in [-0.05, 0) is 76.1 Å². The Hall–Kier alpha value is -1.30. The van der Waals surface area contributed by atoms with Gasteiger partial charge in [0.15, 0.2) is 0 Å². The molecule has 3 heterocycles. The zero-order chi connectivity index (χ0) is 19.5. The first kappa shape index (κ1) is 20.4. The maximum absolute atomic E-state index is 13.9. The highest BCUT2D eigenvalue weighted by molar-refractivity contribution is 7.08. The minimum Gasteiger partial charge on any atom is -0.381 e. The lowest BCUT2D eigenvalue weighted by atomic mass is 9.82. The number of hydrogen-bond donors (Lipinski definition) is 0. The van der Waals surface area contributed by atoms with E-state index in [0.717, 1.165) is 56.8 Å². The van der Waals surface area contributed by atoms with Gasteiger partial charge in [-0.1, -0.05) is 6.07 Å². The number of nitrogens with zero attached hydrogens (tertiary/aromatic N) is 2. The van der Waals surface area contributed by atoms with Crippen molar-refractivity contribution >= 4 is 11.3 Å². The van der Waals surface area contributed by atoms with Crippen LogP contribution in [-0.2, 0) is 16.7 Å². The number of aryl methyl sites for hydroxylation is 2. The van der Waals surface area contributed by atoms with Gasteiger partial charge >= 0.3 is 0 Å². The fraction of sp³-hybridized carbons (Fsp3) is 0.591. The van der Waals surface area contributed by atoms with Gasteiger partial charge in [0.2, 0.25) is 0 Å². The third kappa shape index (κ3) is 4.58. The van der Waals surface area contributed by atoms with Crippen LogP contribution in [0.5, 0.6) is 0 Å². The summed E-state index contributed by atoms with van der Waals surface area (Å²) in [6, 6.07) is 4.27. The summed E-state index contributed by atoms with van der Waals surface area (Å²) >= 11 is 1.45. The Bertz CT molecular complexity index is 743. The second-order valence-electron chi connectivity index (χ2n) is 8.30. The van der Waals surface area contributed by atoms with Crippen LogP contribution in [0.2, 0.25) is 0 Å². The second kappa shape index (κ2) is 8.38. The van der Waals surface area contributed by atoms with Crippen LogP contribution >= 0.6 is 11.3 Å². The Morgan fingerprint density at radius 1 is 1.33 bits per heavy atom. The van der Waals surface area contributed by atoms with E-state index in [1.54, 1.807) is 5.38 Å². The van der Waals surface area contributed by atoms with Crippen LogP contribution in [-0.4, -0.2) is 36.2 Å². The summed E-state index contributed by atoms with van der Waals surface area (Å²) in [7, 11) is 0. The van der Waals surface area contributed by atoms with Crippen molar-refractivity contribution in [3.8, 4) is 0 Å². The number of rotatable bonds is 8. The fourth-order valence-electron chi connectivity index (χ4n) is 4.02. The van der Waals surface area contributed by atoms with Crippen molar-refractivity contribution in [2.24, 2.45) is 5.41 Å². The van der Waals surface area contributed by atoms with E-state index in [0.29, 0.717) is 0 Å². The summed E-state index contributed by atoms with van der Waals surface area (Å²) in [5, 5.41) is 3.54. The number of thiophene rings is 1. The molecular formula is C22H31FN2OS. The molecule has 0 spiro atoms. The van der Waals surface area contributed by atoms with E-state index in [4.69, 9.17) is 4.74 Å². The number of likely N-dealkylation sites (tertiary alicyclic amines) is 1. The molecule has 3 nitrogen and oxygen atoms in total. The monoisotopic (exact) mass is 390 g/mol. The minimum absolute atomic E-state index is 0.0625. The van der Waals surface area contributed by atoms with Crippen molar-refractivity contribution in [2.45, 2.75) is 52.5 Å². The lowest BCUT2D eigenvalue weighted by Crippen LogP contribution is -2.42. The quantitative estimate of drug-likeness (QED) is 0.620. The molecule has 5 heteroatoms. The van der Waals surface area contributed by atoms with Crippen molar-refractivity contribution in [3.63, 3.8) is 0 Å². The highest BCUT2D eigenvalue weighted by Crippen LogP contribution is 2.41. The first-order valence-corrected chi connectivity index (χ1v) is 10.8. The van der Waals surface area contributed by atoms with Crippen LogP contribution in [0.25, 0.3) is 0 Å². The molecular weight excluding hydrogens is 359 g/mol. The van der Waals surface area contributed by atoms with E-state index in [1.165, 1.54) is 16.9 Å². The van der Waals surface area contributed by atoms with Gasteiger partial charge in [-0.2, -0.15) is 0 Å². The number of aromatic nitrogens is 1. The molecule has 3 rings (SSSR count). The van der Waals surface area contributed by atoms with Gasteiger partial charge < -0.3 is 4.74 Å². The molecule has 0 bridgehead atoms. The van der Waals surface area contributed by atoms with Crippen molar-refractivity contribution < 1.29 is 9.13 Å². The number of hydrogen-bond acceptors (Lipinski definition) is 4. The van der Waals surface area contributed by atoms with Gasteiger partial charge in [0.25, 0.3) is 0 Å². The molecule has 0 N–H and O–H groups in total. The van der Waals surface area contributed by atoms with Crippen molar-refractivity contribution in [1.29, 1.82) is 0 Å². The first-order valence-electron chi connectivity index (χ1n) is 9.83. The summed E-state index contributed by atoms with van der Waals surface area (Å²) in [6.45, 7) is 12.1. The zero-order valence-corrected chi connectivity index (χ0v) is 17.7. The molecule has 0 aliphatic carbocycles. The van der Waals surface area contributed by atoms with E-state index in [-0.39, 0.29) is 16.8 Å². The van der Waals surface area contributed by atoms with Crippen LogP contribution < -0.4 is 0 Å². The van der Waals surface area contributed by atoms with Gasteiger partial charge in [0, 0.05) is 41.4 Å². The molecule has 27 heavy (non-hydrogen) atoms. The first-order chi connectivity index (χ1) is 12.9. The van der Waals surface area contributed by atoms with E-state index < -0.39 is 0 Å². The van der Waals surface area contributed by atoms with Crippen molar-refractivity contribution in [2.75, 3.05) is 26.3 Å². The predicted octanol–water partition coefficient (Wildman–Crippen LogP) is 5.19. The standard InChI is InChI=1S/C22H31FN2OS/c1-5-26-16-22(9-8-18-13-27-14-20(18)23)10-11-25(15-22)21(3,4)19-7-6-17(2)24-12-19/h6-7,12-14H,5,8-11,15-16H2,1-4H3/t22-/m1/s1. The van der Waals surface area contributed by atoms with E-state index in [9.17, 15) is 4.39 Å².